The zero-order valence-corrected chi connectivity index (χ0v) is 19.8. The Bertz CT molecular complexity index is 1010. The predicted octanol–water partition coefficient (Wildman–Crippen LogP) is 2.43. The molecule has 2 saturated heterocycles. The van der Waals surface area contributed by atoms with Crippen LogP contribution in [0.25, 0.3) is 10.9 Å². The molecule has 0 aliphatic carbocycles. The summed E-state index contributed by atoms with van der Waals surface area (Å²) in [6.45, 7) is 10.4. The molecule has 1 aromatic heterocycles. The Hall–Kier alpha value is -1.93. The first kappa shape index (κ1) is 23.2. The highest BCUT2D eigenvalue weighted by atomic mass is 35.5. The smallest absolute Gasteiger partial charge is 0.325 e. The van der Waals surface area contributed by atoms with Gasteiger partial charge >= 0.3 is 5.97 Å². The van der Waals surface area contributed by atoms with Gasteiger partial charge in [-0.05, 0) is 56.1 Å². The number of benzene rings is 1. The monoisotopic (exact) mass is 460 g/mol. The number of methoxy groups -OCH3 is 1. The molecule has 0 unspecified atom stereocenters. The predicted molar refractivity (Wildman–Crippen MR) is 127 cm³/mol. The molecule has 32 heavy (non-hydrogen) atoms. The van der Waals surface area contributed by atoms with Gasteiger partial charge in [-0.15, -0.1) is 0 Å². The van der Waals surface area contributed by atoms with E-state index in [-0.39, 0.29) is 12.1 Å². The quantitative estimate of drug-likeness (QED) is 0.617. The van der Waals surface area contributed by atoms with Gasteiger partial charge in [-0.1, -0.05) is 24.6 Å². The molecule has 174 valence electrons. The SMILES string of the molecule is CCN1CCN(C2CCN(Cc3cc4ccc(Cl)cc4n(CC(=O)OC)c3=O)CC2)CC1. The number of rotatable bonds is 6. The largest absolute Gasteiger partial charge is 0.468 e. The number of pyridine rings is 1. The number of fused-ring (bicyclic) bond motifs is 1. The lowest BCUT2D eigenvalue weighted by Crippen LogP contribution is -2.53. The van der Waals surface area contributed by atoms with Crippen LogP contribution in [0.1, 0.15) is 25.3 Å². The third-order valence-electron chi connectivity index (χ3n) is 6.97. The highest BCUT2D eigenvalue weighted by Crippen LogP contribution is 2.22. The molecule has 0 bridgehead atoms. The maximum Gasteiger partial charge on any atom is 0.325 e. The number of likely N-dealkylation sites (tertiary alicyclic amines) is 1. The van der Waals surface area contributed by atoms with E-state index in [0.717, 1.165) is 64.0 Å². The van der Waals surface area contributed by atoms with E-state index in [1.807, 2.05) is 18.2 Å². The molecule has 0 radical (unpaired) electrons. The van der Waals surface area contributed by atoms with E-state index in [0.29, 0.717) is 28.7 Å². The first-order valence-electron chi connectivity index (χ1n) is 11.6. The summed E-state index contributed by atoms with van der Waals surface area (Å²) in [5.41, 5.74) is 1.21. The van der Waals surface area contributed by atoms with Crippen LogP contribution in [-0.2, 0) is 22.6 Å². The highest BCUT2D eigenvalue weighted by Gasteiger charge is 2.27. The molecular formula is C24H33ClN4O3. The third-order valence-corrected chi connectivity index (χ3v) is 7.20. The Morgan fingerprint density at radius 2 is 1.78 bits per heavy atom. The highest BCUT2D eigenvalue weighted by molar-refractivity contribution is 6.31. The molecule has 0 spiro atoms. The van der Waals surface area contributed by atoms with Crippen LogP contribution in [0.3, 0.4) is 0 Å². The van der Waals surface area contributed by atoms with E-state index in [2.05, 4.69) is 21.6 Å². The van der Waals surface area contributed by atoms with Gasteiger partial charge in [0.15, 0.2) is 0 Å². The second-order valence-corrected chi connectivity index (χ2v) is 9.25. The molecule has 1 aromatic carbocycles. The number of esters is 1. The van der Waals surface area contributed by atoms with Gasteiger partial charge < -0.3 is 9.64 Å². The van der Waals surface area contributed by atoms with Gasteiger partial charge in [-0.3, -0.25) is 24.0 Å². The van der Waals surface area contributed by atoms with Crippen molar-refractivity contribution >= 4 is 28.5 Å². The zero-order chi connectivity index (χ0) is 22.7. The summed E-state index contributed by atoms with van der Waals surface area (Å²) in [7, 11) is 1.33. The fraction of sp³-hybridized carbons (Fsp3) is 0.583. The van der Waals surface area contributed by atoms with Gasteiger partial charge in [0.05, 0.1) is 12.6 Å². The fourth-order valence-electron chi connectivity index (χ4n) is 5.00. The van der Waals surface area contributed by atoms with Crippen LogP contribution < -0.4 is 5.56 Å². The van der Waals surface area contributed by atoms with Crippen molar-refractivity contribution in [1.82, 2.24) is 19.3 Å². The minimum Gasteiger partial charge on any atom is -0.468 e. The number of piperidine rings is 1. The molecular weight excluding hydrogens is 428 g/mol. The number of likely N-dealkylation sites (N-methyl/N-ethyl adjacent to an activating group) is 1. The summed E-state index contributed by atoms with van der Waals surface area (Å²) >= 11 is 6.16. The number of hydrogen-bond donors (Lipinski definition) is 0. The molecule has 2 aromatic rings. The van der Waals surface area contributed by atoms with Crippen molar-refractivity contribution in [3.63, 3.8) is 0 Å². The molecule has 4 rings (SSSR count). The van der Waals surface area contributed by atoms with Crippen LogP contribution in [-0.4, -0.2) is 84.2 Å². The molecule has 0 amide bonds. The van der Waals surface area contributed by atoms with E-state index in [1.54, 1.807) is 6.07 Å². The second-order valence-electron chi connectivity index (χ2n) is 8.82. The number of ether oxygens (including phenoxy) is 1. The minimum absolute atomic E-state index is 0.119. The van der Waals surface area contributed by atoms with Crippen molar-refractivity contribution in [2.24, 2.45) is 0 Å². The molecule has 2 fully saturated rings. The zero-order valence-electron chi connectivity index (χ0n) is 19.1. The standard InChI is InChI=1S/C24H33ClN4O3/c1-3-26-10-12-28(13-11-26)21-6-8-27(9-7-21)16-19-14-18-4-5-20(25)15-22(18)29(24(19)31)17-23(30)32-2/h4-5,14-15,21H,3,6-13,16-17H2,1-2H3. The topological polar surface area (TPSA) is 58.0 Å². The fourth-order valence-corrected chi connectivity index (χ4v) is 5.16. The molecule has 2 aliphatic rings. The van der Waals surface area contributed by atoms with E-state index in [9.17, 15) is 9.59 Å². The number of carbonyl (C=O) groups is 1. The Morgan fingerprint density at radius 1 is 1.06 bits per heavy atom. The number of halogens is 1. The first-order valence-corrected chi connectivity index (χ1v) is 11.9. The van der Waals surface area contributed by atoms with Crippen LogP contribution in [0.15, 0.2) is 29.1 Å². The van der Waals surface area contributed by atoms with Gasteiger partial charge in [0.1, 0.15) is 6.54 Å². The maximum atomic E-state index is 13.3. The van der Waals surface area contributed by atoms with Crippen molar-refractivity contribution in [2.75, 3.05) is 52.9 Å². The van der Waals surface area contributed by atoms with Gasteiger partial charge in [-0.25, -0.2) is 0 Å². The Morgan fingerprint density at radius 3 is 2.44 bits per heavy atom. The molecule has 3 heterocycles. The van der Waals surface area contributed by atoms with Gasteiger partial charge in [0.2, 0.25) is 0 Å². The lowest BCUT2D eigenvalue weighted by Gasteiger charge is -2.42. The summed E-state index contributed by atoms with van der Waals surface area (Å²) < 4.78 is 6.30. The summed E-state index contributed by atoms with van der Waals surface area (Å²) in [6.07, 6.45) is 2.26. The van der Waals surface area contributed by atoms with E-state index < -0.39 is 5.97 Å². The van der Waals surface area contributed by atoms with Crippen molar-refractivity contribution < 1.29 is 9.53 Å². The molecule has 7 nitrogen and oxygen atoms in total. The lowest BCUT2D eigenvalue weighted by molar-refractivity contribution is -0.141. The van der Waals surface area contributed by atoms with Crippen LogP contribution in [0.4, 0.5) is 0 Å². The van der Waals surface area contributed by atoms with Gasteiger partial charge in [0.25, 0.3) is 5.56 Å². The van der Waals surface area contributed by atoms with E-state index in [1.165, 1.54) is 11.7 Å². The number of aromatic nitrogens is 1. The van der Waals surface area contributed by atoms with Crippen molar-refractivity contribution in [3.05, 3.63) is 45.2 Å². The van der Waals surface area contributed by atoms with Gasteiger partial charge in [0, 0.05) is 49.4 Å². The summed E-state index contributed by atoms with van der Waals surface area (Å²) in [6, 6.07) is 8.02. The van der Waals surface area contributed by atoms with E-state index in [4.69, 9.17) is 16.3 Å². The van der Waals surface area contributed by atoms with Crippen LogP contribution >= 0.6 is 11.6 Å². The second kappa shape index (κ2) is 10.3. The summed E-state index contributed by atoms with van der Waals surface area (Å²) in [5, 5.41) is 1.43. The first-order chi connectivity index (χ1) is 15.5. The van der Waals surface area contributed by atoms with Crippen LogP contribution in [0.5, 0.6) is 0 Å². The average molecular weight is 461 g/mol. The molecule has 8 heteroatoms. The van der Waals surface area contributed by atoms with Gasteiger partial charge in [-0.2, -0.15) is 0 Å². The lowest BCUT2D eigenvalue weighted by atomic mass is 10.0. The molecule has 0 atom stereocenters. The van der Waals surface area contributed by atoms with Crippen molar-refractivity contribution in [1.29, 1.82) is 0 Å². The summed E-state index contributed by atoms with van der Waals surface area (Å²) in [5.74, 6) is -0.450. The van der Waals surface area contributed by atoms with Crippen molar-refractivity contribution in [3.8, 4) is 0 Å². The Labute approximate surface area is 194 Å². The van der Waals surface area contributed by atoms with Crippen LogP contribution in [0.2, 0.25) is 5.02 Å². The Kier molecular flexibility index (Phi) is 7.51. The number of carbonyl (C=O) groups excluding carboxylic acids is 1. The molecule has 0 saturated carbocycles. The number of piperazine rings is 1. The number of nitrogens with zero attached hydrogens (tertiary/aromatic N) is 4. The molecule has 0 N–H and O–H groups in total. The minimum atomic E-state index is -0.450. The maximum absolute atomic E-state index is 13.3. The summed E-state index contributed by atoms with van der Waals surface area (Å²) in [4.78, 5) is 32.7. The van der Waals surface area contributed by atoms with E-state index >= 15 is 0 Å². The third kappa shape index (κ3) is 5.17. The number of hydrogen-bond acceptors (Lipinski definition) is 6. The van der Waals surface area contributed by atoms with Crippen LogP contribution in [0, 0.1) is 0 Å². The average Bonchev–Trinajstić information content (AvgIpc) is 2.82. The Balaban J connectivity index is 1.46. The normalized spacial score (nSPS) is 19.5. The molecule has 2 aliphatic heterocycles. The van der Waals surface area contributed by atoms with Crippen molar-refractivity contribution in [2.45, 2.75) is 38.9 Å².